The van der Waals surface area contributed by atoms with Crippen LogP contribution in [0.2, 0.25) is 0 Å². The molecule has 0 amide bonds. The van der Waals surface area contributed by atoms with Gasteiger partial charge in [-0.05, 0) is 0 Å². The van der Waals surface area contributed by atoms with Gasteiger partial charge in [0.2, 0.25) is 0 Å². The van der Waals surface area contributed by atoms with E-state index in [4.69, 9.17) is 19.2 Å². The molecule has 0 aliphatic rings. The second-order valence-electron chi connectivity index (χ2n) is 0.513. The number of phosphoric acid groups is 1. The van der Waals surface area contributed by atoms with E-state index in [0.717, 1.165) is 0 Å². The van der Waals surface area contributed by atoms with Crippen LogP contribution in [0.3, 0.4) is 0 Å². The van der Waals surface area contributed by atoms with Crippen molar-refractivity contribution in [3.05, 3.63) is 0 Å². The third kappa shape index (κ3) is 44.7. The fraction of sp³-hybridized carbons (Fsp3) is 0. The zero-order chi connectivity index (χ0) is 4.50. The van der Waals surface area contributed by atoms with Crippen LogP contribution in [0.15, 0.2) is 0 Å². The van der Waals surface area contributed by atoms with Crippen LogP contribution in [-0.4, -0.2) is 163 Å². The summed E-state index contributed by atoms with van der Waals surface area (Å²) < 4.78 is 8.88. The van der Waals surface area contributed by atoms with Crippen LogP contribution in [0.25, 0.3) is 0 Å². The van der Waals surface area contributed by atoms with E-state index in [-0.39, 0.29) is 148 Å². The molecule has 0 rings (SSSR count). The van der Waals surface area contributed by atoms with Crippen molar-refractivity contribution < 1.29 is 19.2 Å². The van der Waals surface area contributed by atoms with Gasteiger partial charge in [-0.2, -0.15) is 0 Å². The Bertz CT molecular complexity index is 60.2. The summed E-state index contributed by atoms with van der Waals surface area (Å²) in [5.41, 5.74) is 0. The van der Waals surface area contributed by atoms with Gasteiger partial charge in [0, 0.05) is 0 Å². The molecule has 0 aliphatic heterocycles. The van der Waals surface area contributed by atoms with Crippen LogP contribution in [0, 0.1) is 0 Å². The molecule has 0 saturated heterocycles. The minimum atomic E-state index is -4.64. The predicted molar refractivity (Wildman–Crippen MR) is 37.1 cm³/mol. The minimum absolute atomic E-state index is 0. The third-order valence-corrected chi connectivity index (χ3v) is 0. The van der Waals surface area contributed by atoms with Crippen molar-refractivity contribution in [1.29, 1.82) is 0 Å². The first kappa shape index (κ1) is 23.0. The number of hydrogen-bond donors (Lipinski definition) is 3. The molecule has 0 fully saturated rings. The summed E-state index contributed by atoms with van der Waals surface area (Å²) in [6.45, 7) is 0. The van der Waals surface area contributed by atoms with Crippen LogP contribution in [0.5, 0.6) is 0 Å². The van der Waals surface area contributed by atoms with Crippen molar-refractivity contribution in [2.24, 2.45) is 0 Å². The van der Waals surface area contributed by atoms with E-state index >= 15 is 0 Å². The second-order valence-corrected chi connectivity index (χ2v) is 1.54. The molecule has 0 spiro atoms. The van der Waals surface area contributed by atoms with Crippen LogP contribution in [0.1, 0.15) is 0 Å². The summed E-state index contributed by atoms with van der Waals surface area (Å²) >= 11 is 0. The average molecular weight is 268 g/mol. The molecule has 8 heavy (non-hydrogen) atoms. The van der Waals surface area contributed by atoms with Crippen molar-refractivity contribution in [1.82, 2.24) is 0 Å². The Hall–Kier alpha value is 4.86. The average Bonchev–Trinajstić information content (AvgIpc) is 0.722. The van der Waals surface area contributed by atoms with Crippen LogP contribution >= 0.6 is 7.82 Å². The Balaban J connectivity index is -0.0000000267. The zero-order valence-electron chi connectivity index (χ0n) is 2.20. The maximum absolute atomic E-state index is 8.88. The topological polar surface area (TPSA) is 77.8 Å². The molecule has 4 nitrogen and oxygen atoms in total. The first-order valence-corrected chi connectivity index (χ1v) is 2.35. The molecule has 40 valence electrons. The zero-order valence-corrected chi connectivity index (χ0v) is 3.09. The first-order valence-electron chi connectivity index (χ1n) is 0.783. The molecule has 8 heteroatoms. The molecular weight excluding hydrogens is 261 g/mol. The summed E-state index contributed by atoms with van der Waals surface area (Å²) in [6.07, 6.45) is 0. The second kappa shape index (κ2) is 11.9. The summed E-state index contributed by atoms with van der Waals surface area (Å²) in [5.74, 6) is 0. The van der Waals surface area contributed by atoms with Crippen molar-refractivity contribution in [2.45, 2.75) is 0 Å². The Labute approximate surface area is 170 Å². The summed E-state index contributed by atoms with van der Waals surface area (Å²) in [6, 6.07) is 0. The Morgan fingerprint density at radius 3 is 1.00 bits per heavy atom. The van der Waals surface area contributed by atoms with E-state index in [9.17, 15) is 0 Å². The van der Waals surface area contributed by atoms with E-state index in [2.05, 4.69) is 0 Å². The van der Waals surface area contributed by atoms with Gasteiger partial charge in [0.1, 0.15) is 0 Å². The number of hydrogen-bond acceptors (Lipinski definition) is 1. The van der Waals surface area contributed by atoms with Gasteiger partial charge in [0.15, 0.2) is 0 Å². The SMILES string of the molecule is O=P(O)(O)O.[KH].[KH].[SrH2]. The van der Waals surface area contributed by atoms with Gasteiger partial charge < -0.3 is 14.7 Å². The van der Waals surface area contributed by atoms with E-state index in [1.807, 2.05) is 0 Å². The molecule has 0 heterocycles. The van der Waals surface area contributed by atoms with E-state index in [1.165, 1.54) is 0 Å². The van der Waals surface area contributed by atoms with E-state index in [0.29, 0.717) is 0 Å². The molecule has 0 radical (unpaired) electrons. The van der Waals surface area contributed by atoms with Gasteiger partial charge in [0.25, 0.3) is 0 Å². The summed E-state index contributed by atoms with van der Waals surface area (Å²) in [5, 5.41) is 0. The van der Waals surface area contributed by atoms with Gasteiger partial charge in [-0.3, -0.25) is 0 Å². The van der Waals surface area contributed by atoms with Crippen molar-refractivity contribution in [2.75, 3.05) is 0 Å². The summed E-state index contributed by atoms with van der Waals surface area (Å²) in [7, 11) is -4.64. The molecule has 0 bridgehead atoms. The molecular formula is H7K2O4PSr. The molecule has 0 aromatic carbocycles. The van der Waals surface area contributed by atoms with Gasteiger partial charge in [-0.15, -0.1) is 0 Å². The van der Waals surface area contributed by atoms with Gasteiger partial charge in [0.05, 0.1) is 0 Å². The molecule has 0 aliphatic carbocycles. The maximum atomic E-state index is 8.88. The Morgan fingerprint density at radius 1 is 1.00 bits per heavy atom. The van der Waals surface area contributed by atoms with Crippen LogP contribution < -0.4 is 0 Å². The van der Waals surface area contributed by atoms with Crippen molar-refractivity contribution in [3.8, 4) is 0 Å². The molecule has 0 unspecified atom stereocenters. The first-order chi connectivity index (χ1) is 2.00. The normalized spacial score (nSPS) is 7.38. The predicted octanol–water partition coefficient (Wildman–Crippen LogP) is -3.14. The van der Waals surface area contributed by atoms with E-state index in [1.54, 1.807) is 0 Å². The monoisotopic (exact) mass is 268 g/mol. The van der Waals surface area contributed by atoms with Gasteiger partial charge in [-0.25, -0.2) is 4.57 Å². The van der Waals surface area contributed by atoms with Gasteiger partial charge >= 0.3 is 156 Å². The van der Waals surface area contributed by atoms with E-state index < -0.39 is 7.82 Å². The molecule has 0 aromatic rings. The van der Waals surface area contributed by atoms with Gasteiger partial charge in [-0.1, -0.05) is 0 Å². The molecule has 0 atom stereocenters. The molecule has 0 saturated carbocycles. The summed E-state index contributed by atoms with van der Waals surface area (Å²) in [4.78, 5) is 21.6. The van der Waals surface area contributed by atoms with Crippen LogP contribution in [0.4, 0.5) is 0 Å². The fourth-order valence-corrected chi connectivity index (χ4v) is 0. The molecule has 3 N–H and O–H groups in total. The van der Waals surface area contributed by atoms with Crippen molar-refractivity contribution >= 4 is 156 Å². The number of rotatable bonds is 0. The standard InChI is InChI=1S/2K.H3O4P.Sr.4H/c;;1-5(2,3)4;;;;;/h;;(H3,1,2,3,4);;;;;. The fourth-order valence-electron chi connectivity index (χ4n) is 0. The third-order valence-electron chi connectivity index (χ3n) is 0. The quantitative estimate of drug-likeness (QED) is 0.320. The van der Waals surface area contributed by atoms with Crippen LogP contribution in [-0.2, 0) is 4.57 Å². The molecule has 0 aromatic heterocycles. The Morgan fingerprint density at radius 2 is 1.00 bits per heavy atom. The Kier molecular flexibility index (Phi) is 34.2. The van der Waals surface area contributed by atoms with Crippen molar-refractivity contribution in [3.63, 3.8) is 0 Å².